The number of halogens is 2. The van der Waals surface area contributed by atoms with Gasteiger partial charge in [-0.05, 0) is 18.1 Å². The Kier molecular flexibility index (Phi) is 5.25. The maximum atomic E-state index is 12.0. The highest BCUT2D eigenvalue weighted by molar-refractivity contribution is 6.37. The molecule has 4 N–H and O–H groups in total. The van der Waals surface area contributed by atoms with E-state index in [-0.39, 0.29) is 38.8 Å². The molecule has 0 amide bonds. The van der Waals surface area contributed by atoms with Crippen LogP contribution in [0.2, 0.25) is 10.0 Å². The molecule has 0 unspecified atom stereocenters. The SMILES string of the molecule is CC(C)c1cc(Oc2c(Cl)cc(-n3nc(N)c(=O)[nH]c3=O)cc2Cl)n[nH]c1=O. The van der Waals surface area contributed by atoms with Gasteiger partial charge in [-0.25, -0.2) is 9.89 Å². The Morgan fingerprint density at radius 1 is 1.11 bits per heavy atom. The van der Waals surface area contributed by atoms with Crippen LogP contribution in [0, 0.1) is 0 Å². The second kappa shape index (κ2) is 7.49. The number of aromatic amines is 2. The number of nitrogens with zero attached hydrogens (tertiary/aromatic N) is 3. The van der Waals surface area contributed by atoms with Gasteiger partial charge in [0.2, 0.25) is 11.7 Å². The third-order valence-electron chi connectivity index (χ3n) is 3.72. The van der Waals surface area contributed by atoms with Crippen LogP contribution in [0.3, 0.4) is 0 Å². The first-order chi connectivity index (χ1) is 13.2. The lowest BCUT2D eigenvalue weighted by molar-refractivity contribution is 0.452. The number of nitrogen functional groups attached to an aromatic ring is 1. The first kappa shape index (κ1) is 19.6. The summed E-state index contributed by atoms with van der Waals surface area (Å²) in [6, 6.07) is 4.19. The van der Waals surface area contributed by atoms with Gasteiger partial charge < -0.3 is 10.5 Å². The molecule has 12 heteroatoms. The summed E-state index contributed by atoms with van der Waals surface area (Å²) >= 11 is 12.5. The topological polar surface area (TPSA) is 149 Å². The van der Waals surface area contributed by atoms with E-state index in [1.807, 2.05) is 18.8 Å². The first-order valence-corrected chi connectivity index (χ1v) is 8.69. The van der Waals surface area contributed by atoms with E-state index in [1.165, 1.54) is 18.2 Å². The van der Waals surface area contributed by atoms with Gasteiger partial charge in [0.15, 0.2) is 5.75 Å². The largest absolute Gasteiger partial charge is 0.434 e. The van der Waals surface area contributed by atoms with Crippen molar-refractivity contribution < 1.29 is 4.74 Å². The zero-order valence-electron chi connectivity index (χ0n) is 14.6. The van der Waals surface area contributed by atoms with Crippen molar-refractivity contribution in [3.8, 4) is 17.3 Å². The fourth-order valence-corrected chi connectivity index (χ4v) is 2.89. The molecule has 146 valence electrons. The van der Waals surface area contributed by atoms with Crippen LogP contribution in [0.4, 0.5) is 5.82 Å². The van der Waals surface area contributed by atoms with Crippen LogP contribution in [0.25, 0.3) is 5.69 Å². The maximum Gasteiger partial charge on any atom is 0.349 e. The number of aromatic nitrogens is 5. The van der Waals surface area contributed by atoms with Crippen molar-refractivity contribution in [2.75, 3.05) is 5.73 Å². The molecular weight excluding hydrogens is 411 g/mol. The quantitative estimate of drug-likeness (QED) is 0.577. The van der Waals surface area contributed by atoms with Gasteiger partial charge in [0, 0.05) is 11.6 Å². The molecule has 3 aromatic rings. The van der Waals surface area contributed by atoms with Crippen molar-refractivity contribution in [2.24, 2.45) is 0 Å². The summed E-state index contributed by atoms with van der Waals surface area (Å²) in [5, 5.41) is 9.95. The van der Waals surface area contributed by atoms with Crippen molar-refractivity contribution in [1.82, 2.24) is 25.0 Å². The Bertz CT molecular complexity index is 1210. The third-order valence-corrected chi connectivity index (χ3v) is 4.28. The minimum absolute atomic E-state index is 0.0417. The van der Waals surface area contributed by atoms with Crippen LogP contribution < -0.4 is 27.3 Å². The summed E-state index contributed by atoms with van der Waals surface area (Å²) in [6.07, 6.45) is 0. The van der Waals surface area contributed by atoms with E-state index in [4.69, 9.17) is 33.7 Å². The van der Waals surface area contributed by atoms with Gasteiger partial charge in [-0.3, -0.25) is 14.6 Å². The molecule has 0 aliphatic heterocycles. The molecule has 0 bridgehead atoms. The molecule has 0 saturated carbocycles. The number of hydrogen-bond acceptors (Lipinski definition) is 7. The zero-order valence-corrected chi connectivity index (χ0v) is 16.1. The standard InChI is InChI=1S/C16H14Cl2N6O4/c1-6(2)8-5-11(21-22-14(8)25)28-12-9(17)3-7(4-10(12)18)24-16(27)20-15(26)13(19)23-24/h3-6H,1-2H3,(H2,19,23)(H,22,25)(H,20,26,27). The average Bonchev–Trinajstić information content (AvgIpc) is 2.62. The minimum atomic E-state index is -0.816. The monoisotopic (exact) mass is 424 g/mol. The van der Waals surface area contributed by atoms with Gasteiger partial charge in [-0.2, -0.15) is 4.68 Å². The number of benzene rings is 1. The van der Waals surface area contributed by atoms with Gasteiger partial charge in [-0.1, -0.05) is 37.0 Å². The normalized spacial score (nSPS) is 11.0. The fourth-order valence-electron chi connectivity index (χ4n) is 2.34. The highest BCUT2D eigenvalue weighted by atomic mass is 35.5. The summed E-state index contributed by atoms with van der Waals surface area (Å²) in [4.78, 5) is 37.1. The van der Waals surface area contributed by atoms with E-state index < -0.39 is 17.1 Å². The van der Waals surface area contributed by atoms with Gasteiger partial charge in [-0.15, -0.1) is 10.2 Å². The Labute approximate surface area is 166 Å². The van der Waals surface area contributed by atoms with E-state index in [0.717, 1.165) is 4.68 Å². The fraction of sp³-hybridized carbons (Fsp3) is 0.188. The lowest BCUT2D eigenvalue weighted by Crippen LogP contribution is -2.33. The number of nitrogens with two attached hydrogens (primary N) is 1. The van der Waals surface area contributed by atoms with E-state index in [2.05, 4.69) is 15.3 Å². The van der Waals surface area contributed by atoms with E-state index in [0.29, 0.717) is 5.56 Å². The van der Waals surface area contributed by atoms with Crippen LogP contribution in [0.1, 0.15) is 25.3 Å². The molecular formula is C16H14Cl2N6O4. The van der Waals surface area contributed by atoms with Crippen LogP contribution in [0.15, 0.2) is 32.6 Å². The Morgan fingerprint density at radius 3 is 2.36 bits per heavy atom. The molecule has 0 aliphatic carbocycles. The van der Waals surface area contributed by atoms with Crippen molar-refractivity contribution in [2.45, 2.75) is 19.8 Å². The number of hydrogen-bond donors (Lipinski definition) is 3. The average molecular weight is 425 g/mol. The van der Waals surface area contributed by atoms with Gasteiger partial charge in [0.05, 0.1) is 15.7 Å². The molecule has 0 spiro atoms. The number of nitrogens with one attached hydrogen (secondary N) is 2. The van der Waals surface area contributed by atoms with Crippen LogP contribution in [-0.4, -0.2) is 25.0 Å². The minimum Gasteiger partial charge on any atom is -0.434 e. The van der Waals surface area contributed by atoms with Gasteiger partial charge >= 0.3 is 5.69 Å². The van der Waals surface area contributed by atoms with E-state index in [9.17, 15) is 14.4 Å². The van der Waals surface area contributed by atoms with Crippen LogP contribution in [-0.2, 0) is 0 Å². The molecule has 28 heavy (non-hydrogen) atoms. The summed E-state index contributed by atoms with van der Waals surface area (Å²) in [5.74, 6) is -0.299. The summed E-state index contributed by atoms with van der Waals surface area (Å²) < 4.78 is 6.45. The molecule has 0 atom stereocenters. The summed E-state index contributed by atoms with van der Waals surface area (Å²) in [7, 11) is 0. The molecule has 0 radical (unpaired) electrons. The highest BCUT2D eigenvalue weighted by Gasteiger charge is 2.16. The van der Waals surface area contributed by atoms with Crippen molar-refractivity contribution >= 4 is 29.0 Å². The maximum absolute atomic E-state index is 12.0. The third kappa shape index (κ3) is 3.78. The predicted molar refractivity (Wildman–Crippen MR) is 104 cm³/mol. The Hall–Kier alpha value is -3.11. The molecule has 3 rings (SSSR count). The lowest BCUT2D eigenvalue weighted by atomic mass is 10.1. The van der Waals surface area contributed by atoms with Crippen molar-refractivity contribution in [1.29, 1.82) is 0 Å². The van der Waals surface area contributed by atoms with Gasteiger partial charge in [0.25, 0.3) is 11.1 Å². The van der Waals surface area contributed by atoms with Crippen molar-refractivity contribution in [3.05, 3.63) is 65.0 Å². The van der Waals surface area contributed by atoms with Crippen LogP contribution >= 0.6 is 23.2 Å². The molecule has 2 aromatic heterocycles. The van der Waals surface area contributed by atoms with E-state index in [1.54, 1.807) is 0 Å². The second-order valence-electron chi connectivity index (χ2n) is 6.04. The van der Waals surface area contributed by atoms with Gasteiger partial charge in [0.1, 0.15) is 0 Å². The summed E-state index contributed by atoms with van der Waals surface area (Å²) in [5.41, 5.74) is 4.14. The van der Waals surface area contributed by atoms with Crippen molar-refractivity contribution in [3.63, 3.8) is 0 Å². The molecule has 2 heterocycles. The predicted octanol–water partition coefficient (Wildman–Crippen LogP) is 1.81. The first-order valence-electron chi connectivity index (χ1n) is 7.93. The highest BCUT2D eigenvalue weighted by Crippen LogP contribution is 2.37. The number of ether oxygens (including phenoxy) is 1. The molecule has 0 aliphatic rings. The van der Waals surface area contributed by atoms with E-state index >= 15 is 0 Å². The number of anilines is 1. The molecule has 1 aromatic carbocycles. The number of rotatable bonds is 4. The zero-order chi connectivity index (χ0) is 20.6. The smallest absolute Gasteiger partial charge is 0.349 e. The lowest BCUT2D eigenvalue weighted by Gasteiger charge is -2.12. The second-order valence-corrected chi connectivity index (χ2v) is 6.86. The molecule has 10 nitrogen and oxygen atoms in total. The number of H-pyrrole nitrogens is 2. The summed E-state index contributed by atoms with van der Waals surface area (Å²) in [6.45, 7) is 3.70. The van der Waals surface area contributed by atoms with Crippen LogP contribution in [0.5, 0.6) is 11.6 Å². The Balaban J connectivity index is 2.03. The Morgan fingerprint density at radius 2 is 1.75 bits per heavy atom. The molecule has 0 fully saturated rings. The molecule has 0 saturated heterocycles.